The van der Waals surface area contributed by atoms with Crippen LogP contribution in [-0.4, -0.2) is 63.2 Å². The van der Waals surface area contributed by atoms with Crippen molar-refractivity contribution >= 4 is 11.9 Å². The van der Waals surface area contributed by atoms with E-state index in [1.54, 1.807) is 7.05 Å². The van der Waals surface area contributed by atoms with Gasteiger partial charge in [0.2, 0.25) is 5.91 Å². The SMILES string of the molecule is CN=C(NCC1CCCO1)N1CCC(CC(=O)NC)CC1. The summed E-state index contributed by atoms with van der Waals surface area (Å²) < 4.78 is 5.63. The van der Waals surface area contributed by atoms with Crippen LogP contribution in [0.3, 0.4) is 0 Å². The number of carbonyl (C=O) groups excluding carboxylic acids is 1. The van der Waals surface area contributed by atoms with E-state index in [1.807, 2.05) is 7.05 Å². The van der Waals surface area contributed by atoms with Crippen molar-refractivity contribution in [1.82, 2.24) is 15.5 Å². The number of rotatable bonds is 4. The summed E-state index contributed by atoms with van der Waals surface area (Å²) in [4.78, 5) is 18.1. The van der Waals surface area contributed by atoms with Crippen LogP contribution in [0, 0.1) is 5.92 Å². The van der Waals surface area contributed by atoms with E-state index in [2.05, 4.69) is 20.5 Å². The molecule has 0 aromatic rings. The smallest absolute Gasteiger partial charge is 0.220 e. The molecular weight excluding hydrogens is 268 g/mol. The maximum atomic E-state index is 11.4. The average Bonchev–Trinajstić information content (AvgIpc) is 3.02. The van der Waals surface area contributed by atoms with E-state index in [0.717, 1.165) is 57.9 Å². The Hall–Kier alpha value is -1.30. The van der Waals surface area contributed by atoms with Gasteiger partial charge in [-0.05, 0) is 31.6 Å². The zero-order valence-electron chi connectivity index (χ0n) is 13.2. The van der Waals surface area contributed by atoms with E-state index in [0.29, 0.717) is 18.4 Å². The number of amides is 1. The number of hydrogen-bond acceptors (Lipinski definition) is 3. The zero-order chi connectivity index (χ0) is 15.1. The van der Waals surface area contributed by atoms with Crippen LogP contribution in [0.2, 0.25) is 0 Å². The van der Waals surface area contributed by atoms with Gasteiger partial charge in [-0.2, -0.15) is 0 Å². The Morgan fingerprint density at radius 3 is 2.67 bits per heavy atom. The summed E-state index contributed by atoms with van der Waals surface area (Å²) in [6.07, 6.45) is 5.37. The maximum Gasteiger partial charge on any atom is 0.220 e. The Morgan fingerprint density at radius 2 is 2.10 bits per heavy atom. The minimum atomic E-state index is 0.148. The van der Waals surface area contributed by atoms with Crippen LogP contribution in [-0.2, 0) is 9.53 Å². The quantitative estimate of drug-likeness (QED) is 0.588. The Morgan fingerprint density at radius 1 is 1.33 bits per heavy atom. The average molecular weight is 296 g/mol. The molecule has 1 unspecified atom stereocenters. The number of likely N-dealkylation sites (tertiary alicyclic amines) is 1. The van der Waals surface area contributed by atoms with Crippen LogP contribution in [0.5, 0.6) is 0 Å². The Bertz CT molecular complexity index is 359. The first-order chi connectivity index (χ1) is 10.2. The number of nitrogens with zero attached hydrogens (tertiary/aromatic N) is 2. The molecule has 2 fully saturated rings. The number of hydrogen-bond donors (Lipinski definition) is 2. The van der Waals surface area contributed by atoms with Crippen molar-refractivity contribution in [3.8, 4) is 0 Å². The fourth-order valence-corrected chi connectivity index (χ4v) is 3.06. The monoisotopic (exact) mass is 296 g/mol. The summed E-state index contributed by atoms with van der Waals surface area (Å²) in [6, 6.07) is 0. The molecule has 0 aliphatic carbocycles. The van der Waals surface area contributed by atoms with E-state index in [4.69, 9.17) is 4.74 Å². The molecule has 0 spiro atoms. The van der Waals surface area contributed by atoms with Gasteiger partial charge in [-0.25, -0.2) is 0 Å². The number of guanidine groups is 1. The molecule has 2 aliphatic rings. The lowest BCUT2D eigenvalue weighted by molar-refractivity contribution is -0.121. The molecule has 1 amide bonds. The largest absolute Gasteiger partial charge is 0.376 e. The molecule has 2 rings (SSSR count). The summed E-state index contributed by atoms with van der Waals surface area (Å²) in [5, 5.41) is 6.13. The molecule has 2 saturated heterocycles. The molecule has 6 nitrogen and oxygen atoms in total. The fraction of sp³-hybridized carbons (Fsp3) is 0.867. The van der Waals surface area contributed by atoms with Gasteiger partial charge in [-0.1, -0.05) is 0 Å². The van der Waals surface area contributed by atoms with E-state index >= 15 is 0 Å². The van der Waals surface area contributed by atoms with Crippen LogP contribution in [0.1, 0.15) is 32.1 Å². The van der Waals surface area contributed by atoms with Gasteiger partial charge < -0.3 is 20.3 Å². The van der Waals surface area contributed by atoms with Crippen LogP contribution in [0.25, 0.3) is 0 Å². The highest BCUT2D eigenvalue weighted by atomic mass is 16.5. The van der Waals surface area contributed by atoms with E-state index in [1.165, 1.54) is 0 Å². The van der Waals surface area contributed by atoms with Gasteiger partial charge in [-0.3, -0.25) is 9.79 Å². The molecule has 2 N–H and O–H groups in total. The number of carbonyl (C=O) groups is 1. The van der Waals surface area contributed by atoms with Crippen LogP contribution in [0.4, 0.5) is 0 Å². The molecular formula is C15H28N4O2. The minimum Gasteiger partial charge on any atom is -0.376 e. The van der Waals surface area contributed by atoms with Crippen molar-refractivity contribution in [2.24, 2.45) is 10.9 Å². The van der Waals surface area contributed by atoms with Crippen LogP contribution in [0.15, 0.2) is 4.99 Å². The van der Waals surface area contributed by atoms with Crippen molar-refractivity contribution in [3.05, 3.63) is 0 Å². The third kappa shape index (κ3) is 4.88. The highest BCUT2D eigenvalue weighted by Crippen LogP contribution is 2.20. The van der Waals surface area contributed by atoms with Crippen molar-refractivity contribution in [2.45, 2.75) is 38.2 Å². The van der Waals surface area contributed by atoms with Gasteiger partial charge in [0.15, 0.2) is 5.96 Å². The highest BCUT2D eigenvalue weighted by Gasteiger charge is 2.24. The molecule has 0 radical (unpaired) electrons. The number of nitrogens with one attached hydrogen (secondary N) is 2. The first-order valence-corrected chi connectivity index (χ1v) is 8.00. The molecule has 120 valence electrons. The summed E-state index contributed by atoms with van der Waals surface area (Å²) in [6.45, 7) is 3.65. The normalized spacial score (nSPS) is 24.2. The van der Waals surface area contributed by atoms with E-state index in [-0.39, 0.29) is 5.91 Å². The summed E-state index contributed by atoms with van der Waals surface area (Å²) >= 11 is 0. The highest BCUT2D eigenvalue weighted by molar-refractivity contribution is 5.80. The lowest BCUT2D eigenvalue weighted by atomic mass is 9.93. The number of ether oxygens (including phenoxy) is 1. The first kappa shape index (κ1) is 16.1. The third-order valence-corrected chi connectivity index (χ3v) is 4.39. The van der Waals surface area contributed by atoms with Gasteiger partial charge in [0, 0.05) is 46.8 Å². The molecule has 6 heteroatoms. The summed E-state index contributed by atoms with van der Waals surface area (Å²) in [5.41, 5.74) is 0. The molecule has 0 aromatic carbocycles. The molecule has 1 atom stereocenters. The molecule has 0 bridgehead atoms. The van der Waals surface area contributed by atoms with Gasteiger partial charge in [0.05, 0.1) is 6.10 Å². The van der Waals surface area contributed by atoms with Crippen molar-refractivity contribution in [1.29, 1.82) is 0 Å². The topological polar surface area (TPSA) is 66.0 Å². The predicted molar refractivity (Wildman–Crippen MR) is 83.3 cm³/mol. The van der Waals surface area contributed by atoms with Crippen molar-refractivity contribution in [3.63, 3.8) is 0 Å². The molecule has 2 aliphatic heterocycles. The van der Waals surface area contributed by atoms with E-state index < -0.39 is 0 Å². The Balaban J connectivity index is 1.72. The molecule has 2 heterocycles. The number of piperidine rings is 1. The maximum absolute atomic E-state index is 11.4. The Kier molecular flexibility index (Phi) is 6.29. The third-order valence-electron chi connectivity index (χ3n) is 4.39. The second-order valence-electron chi connectivity index (χ2n) is 5.87. The predicted octanol–water partition coefficient (Wildman–Crippen LogP) is 0.589. The summed E-state index contributed by atoms with van der Waals surface area (Å²) in [5.74, 6) is 1.61. The van der Waals surface area contributed by atoms with Gasteiger partial charge >= 0.3 is 0 Å². The molecule has 21 heavy (non-hydrogen) atoms. The first-order valence-electron chi connectivity index (χ1n) is 8.00. The fourth-order valence-electron chi connectivity index (χ4n) is 3.06. The second kappa shape index (κ2) is 8.22. The number of aliphatic imine (C=N–C) groups is 1. The zero-order valence-corrected chi connectivity index (χ0v) is 13.2. The summed E-state index contributed by atoms with van der Waals surface area (Å²) in [7, 11) is 3.53. The lowest BCUT2D eigenvalue weighted by Crippen LogP contribution is -2.47. The van der Waals surface area contributed by atoms with Crippen molar-refractivity contribution in [2.75, 3.05) is 40.3 Å². The van der Waals surface area contributed by atoms with Crippen LogP contribution < -0.4 is 10.6 Å². The van der Waals surface area contributed by atoms with E-state index in [9.17, 15) is 4.79 Å². The van der Waals surface area contributed by atoms with Gasteiger partial charge in [-0.15, -0.1) is 0 Å². The van der Waals surface area contributed by atoms with Crippen molar-refractivity contribution < 1.29 is 9.53 Å². The second-order valence-corrected chi connectivity index (χ2v) is 5.87. The van der Waals surface area contributed by atoms with Crippen LogP contribution >= 0.6 is 0 Å². The molecule has 0 saturated carbocycles. The Labute approximate surface area is 127 Å². The van der Waals surface area contributed by atoms with Gasteiger partial charge in [0.1, 0.15) is 0 Å². The van der Waals surface area contributed by atoms with Gasteiger partial charge in [0.25, 0.3) is 0 Å². The minimum absolute atomic E-state index is 0.148. The lowest BCUT2D eigenvalue weighted by Gasteiger charge is -2.34. The standard InChI is InChI=1S/C15H28N4O2/c1-16-14(20)10-12-5-7-19(8-6-12)15(17-2)18-11-13-4-3-9-21-13/h12-13H,3-11H2,1-2H3,(H,16,20)(H,17,18). The molecule has 0 aromatic heterocycles.